The van der Waals surface area contributed by atoms with Gasteiger partial charge in [0.2, 0.25) is 5.90 Å². The molecule has 0 spiro atoms. The summed E-state index contributed by atoms with van der Waals surface area (Å²) in [7, 11) is 0. The highest BCUT2D eigenvalue weighted by molar-refractivity contribution is 14.1. The molecule has 0 amide bonds. The van der Waals surface area contributed by atoms with Crippen LogP contribution in [-0.4, -0.2) is 11.9 Å². The van der Waals surface area contributed by atoms with E-state index in [1.807, 2.05) is 22.6 Å². The molecule has 1 aliphatic rings. The van der Waals surface area contributed by atoms with E-state index in [4.69, 9.17) is 9.15 Å². The summed E-state index contributed by atoms with van der Waals surface area (Å²) in [4.78, 5) is 15.7. The lowest BCUT2D eigenvalue weighted by atomic mass is 10.2. The summed E-state index contributed by atoms with van der Waals surface area (Å²) in [6.07, 6.45) is 1.46. The van der Waals surface area contributed by atoms with Crippen molar-refractivity contribution in [1.82, 2.24) is 0 Å². The maximum Gasteiger partial charge on any atom is 0.363 e. The van der Waals surface area contributed by atoms with Crippen molar-refractivity contribution < 1.29 is 18.3 Å². The molecule has 2 aromatic rings. The Bertz CT molecular complexity index is 748. The number of hydrogen-bond acceptors (Lipinski definition) is 4. The third-order valence-corrected chi connectivity index (χ3v) is 3.18. The van der Waals surface area contributed by atoms with Crippen molar-refractivity contribution >= 4 is 40.5 Å². The average molecular weight is 383 g/mol. The number of cyclic esters (lactones) is 1. The molecule has 0 bridgehead atoms. The molecule has 4 nitrogen and oxygen atoms in total. The van der Waals surface area contributed by atoms with E-state index in [-0.39, 0.29) is 17.2 Å². The zero-order valence-electron chi connectivity index (χ0n) is 9.97. The summed E-state index contributed by atoms with van der Waals surface area (Å²) in [6, 6.07) is 9.44. The summed E-state index contributed by atoms with van der Waals surface area (Å²) in [5.74, 6) is -0.678. The molecular weight excluding hydrogens is 376 g/mol. The first-order valence-corrected chi connectivity index (χ1v) is 6.74. The Morgan fingerprint density at radius 3 is 2.70 bits per heavy atom. The third kappa shape index (κ3) is 2.51. The molecule has 6 heteroatoms. The molecule has 100 valence electrons. The van der Waals surface area contributed by atoms with Crippen LogP contribution in [0.15, 0.2) is 51.5 Å². The number of benzene rings is 1. The molecule has 2 heterocycles. The van der Waals surface area contributed by atoms with E-state index in [1.165, 1.54) is 18.2 Å². The quantitative estimate of drug-likeness (QED) is 0.454. The van der Waals surface area contributed by atoms with Crippen LogP contribution in [0, 0.1) is 9.58 Å². The van der Waals surface area contributed by atoms with Gasteiger partial charge in [0.1, 0.15) is 11.6 Å². The van der Waals surface area contributed by atoms with Gasteiger partial charge in [-0.3, -0.25) is 0 Å². The fraction of sp³-hybridized carbons (Fsp3) is 0. The van der Waals surface area contributed by atoms with Gasteiger partial charge in [0.25, 0.3) is 0 Å². The Kier molecular flexibility index (Phi) is 3.39. The molecule has 0 fully saturated rings. The summed E-state index contributed by atoms with van der Waals surface area (Å²) in [5.41, 5.74) is 0.229. The van der Waals surface area contributed by atoms with Crippen molar-refractivity contribution in [1.29, 1.82) is 0 Å². The Labute approximate surface area is 127 Å². The van der Waals surface area contributed by atoms with Crippen LogP contribution in [0.2, 0.25) is 0 Å². The van der Waals surface area contributed by atoms with Crippen LogP contribution in [0.3, 0.4) is 0 Å². The second kappa shape index (κ2) is 5.20. The van der Waals surface area contributed by atoms with Gasteiger partial charge in [-0.1, -0.05) is 12.1 Å². The van der Waals surface area contributed by atoms with Gasteiger partial charge < -0.3 is 9.15 Å². The highest BCUT2D eigenvalue weighted by Gasteiger charge is 2.26. The fourth-order valence-electron chi connectivity index (χ4n) is 1.70. The van der Waals surface area contributed by atoms with Crippen LogP contribution in [0.4, 0.5) is 4.39 Å². The Balaban J connectivity index is 1.97. The summed E-state index contributed by atoms with van der Waals surface area (Å²) < 4.78 is 24.6. The fourth-order valence-corrected chi connectivity index (χ4v) is 2.13. The number of esters is 1. The third-order valence-electron chi connectivity index (χ3n) is 2.60. The lowest BCUT2D eigenvalue weighted by Crippen LogP contribution is -2.07. The molecule has 0 N–H and O–H groups in total. The van der Waals surface area contributed by atoms with E-state index >= 15 is 0 Å². The molecule has 20 heavy (non-hydrogen) atoms. The van der Waals surface area contributed by atoms with Crippen molar-refractivity contribution in [3.05, 3.63) is 63.0 Å². The van der Waals surface area contributed by atoms with Gasteiger partial charge in [-0.25, -0.2) is 14.2 Å². The van der Waals surface area contributed by atoms with E-state index in [0.717, 1.165) is 0 Å². The molecule has 0 radical (unpaired) electrons. The Morgan fingerprint density at radius 2 is 2.00 bits per heavy atom. The number of nitrogens with zero attached hydrogens (tertiary/aromatic N) is 1. The Morgan fingerprint density at radius 1 is 1.20 bits per heavy atom. The van der Waals surface area contributed by atoms with Gasteiger partial charge in [0, 0.05) is 6.08 Å². The molecule has 1 aromatic heterocycles. The van der Waals surface area contributed by atoms with E-state index in [1.54, 1.807) is 24.3 Å². The van der Waals surface area contributed by atoms with Crippen LogP contribution in [0.5, 0.6) is 0 Å². The predicted molar refractivity (Wildman–Crippen MR) is 78.4 cm³/mol. The maximum absolute atomic E-state index is 13.6. The number of furan rings is 1. The standard InChI is InChI=1S/C14H7FINO3/c15-10-4-2-1-3-9(10)13-17-11(14(18)20-13)7-8-5-6-12(16)19-8/h1-7H/b11-7-. The zero-order valence-corrected chi connectivity index (χ0v) is 12.1. The van der Waals surface area contributed by atoms with Gasteiger partial charge in [0.05, 0.1) is 5.56 Å². The smallest absolute Gasteiger partial charge is 0.363 e. The van der Waals surface area contributed by atoms with Crippen LogP contribution >= 0.6 is 22.6 Å². The molecule has 0 saturated carbocycles. The lowest BCUT2D eigenvalue weighted by molar-refractivity contribution is -0.129. The molecule has 1 aromatic carbocycles. The van der Waals surface area contributed by atoms with Crippen molar-refractivity contribution in [2.45, 2.75) is 0 Å². The minimum atomic E-state index is -0.630. The average Bonchev–Trinajstić information content (AvgIpc) is 2.98. The molecule has 0 aliphatic carbocycles. The number of aliphatic imine (C=N–C) groups is 1. The molecule has 0 atom stereocenters. The molecular formula is C14H7FINO3. The molecule has 1 aliphatic heterocycles. The minimum Gasteiger partial charge on any atom is -0.451 e. The first-order valence-electron chi connectivity index (χ1n) is 5.66. The number of carbonyl (C=O) groups is 1. The molecule has 0 saturated heterocycles. The number of rotatable bonds is 2. The van der Waals surface area contributed by atoms with Crippen molar-refractivity contribution in [2.24, 2.45) is 4.99 Å². The summed E-state index contributed by atoms with van der Waals surface area (Å²) in [5, 5.41) is 0. The second-order valence-electron chi connectivity index (χ2n) is 3.96. The van der Waals surface area contributed by atoms with E-state index in [9.17, 15) is 9.18 Å². The number of hydrogen-bond donors (Lipinski definition) is 0. The SMILES string of the molecule is O=C1OC(c2ccccc2F)=N/C1=C\c1ccc(I)o1. The maximum atomic E-state index is 13.6. The van der Waals surface area contributed by atoms with Crippen LogP contribution in [0.1, 0.15) is 11.3 Å². The number of ether oxygens (including phenoxy) is 1. The Hall–Kier alpha value is -1.96. The van der Waals surface area contributed by atoms with Crippen LogP contribution in [0.25, 0.3) is 6.08 Å². The van der Waals surface area contributed by atoms with Crippen LogP contribution in [-0.2, 0) is 9.53 Å². The minimum absolute atomic E-state index is 0.0411. The van der Waals surface area contributed by atoms with Crippen LogP contribution < -0.4 is 0 Å². The summed E-state index contributed by atoms with van der Waals surface area (Å²) in [6.45, 7) is 0. The highest BCUT2D eigenvalue weighted by atomic mass is 127. The van der Waals surface area contributed by atoms with Gasteiger partial charge in [-0.15, -0.1) is 0 Å². The first-order chi connectivity index (χ1) is 9.63. The van der Waals surface area contributed by atoms with Gasteiger partial charge in [0.15, 0.2) is 9.46 Å². The zero-order chi connectivity index (χ0) is 14.1. The number of carbonyl (C=O) groups excluding carboxylic acids is 1. The first kappa shape index (κ1) is 13.0. The lowest BCUT2D eigenvalue weighted by Gasteiger charge is -1.99. The summed E-state index contributed by atoms with van der Waals surface area (Å²) >= 11 is 2.01. The number of halogens is 2. The largest absolute Gasteiger partial charge is 0.451 e. The second-order valence-corrected chi connectivity index (χ2v) is 5.02. The van der Waals surface area contributed by atoms with Crippen molar-refractivity contribution in [3.63, 3.8) is 0 Å². The van der Waals surface area contributed by atoms with E-state index in [2.05, 4.69) is 4.99 Å². The van der Waals surface area contributed by atoms with Gasteiger partial charge >= 0.3 is 5.97 Å². The molecule has 0 unspecified atom stereocenters. The van der Waals surface area contributed by atoms with E-state index in [0.29, 0.717) is 9.53 Å². The van der Waals surface area contributed by atoms with E-state index < -0.39 is 11.8 Å². The monoisotopic (exact) mass is 383 g/mol. The highest BCUT2D eigenvalue weighted by Crippen LogP contribution is 2.21. The normalized spacial score (nSPS) is 16.4. The van der Waals surface area contributed by atoms with Gasteiger partial charge in [-0.2, -0.15) is 0 Å². The van der Waals surface area contributed by atoms with Crippen molar-refractivity contribution in [2.75, 3.05) is 0 Å². The predicted octanol–water partition coefficient (Wildman–Crippen LogP) is 3.37. The topological polar surface area (TPSA) is 51.8 Å². The van der Waals surface area contributed by atoms with Gasteiger partial charge in [-0.05, 0) is 46.9 Å². The van der Waals surface area contributed by atoms with Crippen molar-refractivity contribution in [3.8, 4) is 0 Å². The molecule has 3 rings (SSSR count).